The average molecular weight is 587 g/mol. The van der Waals surface area contributed by atoms with Crippen LogP contribution in [0.5, 0.6) is 0 Å². The Bertz CT molecular complexity index is 1900. The van der Waals surface area contributed by atoms with E-state index in [0.29, 0.717) is 28.9 Å². The second-order valence-electron chi connectivity index (χ2n) is 9.69. The number of benzene rings is 2. The van der Waals surface area contributed by atoms with Crippen LogP contribution in [0.15, 0.2) is 90.1 Å². The van der Waals surface area contributed by atoms with Crippen molar-refractivity contribution in [3.05, 3.63) is 130 Å². The Kier molecular flexibility index (Phi) is 7.98. The molecule has 0 saturated heterocycles. The fourth-order valence-corrected chi connectivity index (χ4v) is 4.69. The lowest BCUT2D eigenvalue weighted by Crippen LogP contribution is -2.38. The molecular formula is C31H22F4N6O2. The number of nitrogens with zero attached hydrogens (tertiary/aromatic N) is 6. The van der Waals surface area contributed by atoms with E-state index in [4.69, 9.17) is 0 Å². The molecule has 0 unspecified atom stereocenters. The van der Waals surface area contributed by atoms with Gasteiger partial charge in [-0.1, -0.05) is 12.1 Å². The highest BCUT2D eigenvalue weighted by Crippen LogP contribution is 2.32. The van der Waals surface area contributed by atoms with E-state index in [-0.39, 0.29) is 29.0 Å². The van der Waals surface area contributed by atoms with Gasteiger partial charge in [-0.25, -0.2) is 14.4 Å². The quantitative estimate of drug-likeness (QED) is 0.232. The minimum absolute atomic E-state index is 0.000449. The highest BCUT2D eigenvalue weighted by atomic mass is 19.4. The molecular weight excluding hydrogens is 564 g/mol. The van der Waals surface area contributed by atoms with Crippen molar-refractivity contribution >= 4 is 16.9 Å². The van der Waals surface area contributed by atoms with Gasteiger partial charge in [-0.15, -0.1) is 0 Å². The molecule has 1 amide bonds. The first-order valence-corrected chi connectivity index (χ1v) is 13.0. The zero-order chi connectivity index (χ0) is 30.7. The van der Waals surface area contributed by atoms with E-state index < -0.39 is 41.5 Å². The summed E-state index contributed by atoms with van der Waals surface area (Å²) in [7, 11) is 0. The van der Waals surface area contributed by atoms with Crippen LogP contribution in [-0.2, 0) is 23.9 Å². The molecule has 0 N–H and O–H groups in total. The van der Waals surface area contributed by atoms with Gasteiger partial charge in [0.05, 0.1) is 40.7 Å². The first-order chi connectivity index (χ1) is 20.6. The Balaban J connectivity index is 1.61. The number of fused-ring (bicyclic) bond motifs is 1. The van der Waals surface area contributed by atoms with Crippen molar-refractivity contribution < 1.29 is 22.4 Å². The van der Waals surface area contributed by atoms with Crippen LogP contribution in [-0.4, -0.2) is 30.3 Å². The molecule has 0 aliphatic carbocycles. The van der Waals surface area contributed by atoms with E-state index in [1.54, 1.807) is 67.8 Å². The molecule has 2 aromatic carbocycles. The lowest BCUT2D eigenvalue weighted by Gasteiger charge is -2.31. The summed E-state index contributed by atoms with van der Waals surface area (Å²) in [6.07, 6.45) is -0.713. The van der Waals surface area contributed by atoms with Gasteiger partial charge in [0.2, 0.25) is 5.91 Å². The van der Waals surface area contributed by atoms with Crippen LogP contribution >= 0.6 is 0 Å². The summed E-state index contributed by atoms with van der Waals surface area (Å²) in [4.78, 5) is 41.9. The third-order valence-corrected chi connectivity index (χ3v) is 6.86. The summed E-state index contributed by atoms with van der Waals surface area (Å²) in [6.45, 7) is 1.65. The average Bonchev–Trinajstić information content (AvgIpc) is 2.99. The van der Waals surface area contributed by atoms with Gasteiger partial charge in [0.25, 0.3) is 5.56 Å². The Morgan fingerprint density at radius 2 is 1.79 bits per heavy atom. The number of rotatable bonds is 7. The van der Waals surface area contributed by atoms with Gasteiger partial charge in [-0.2, -0.15) is 18.4 Å². The number of hydrogen-bond acceptors (Lipinski definition) is 6. The first kappa shape index (κ1) is 29.1. The van der Waals surface area contributed by atoms with Crippen molar-refractivity contribution in [3.63, 3.8) is 0 Å². The lowest BCUT2D eigenvalue weighted by atomic mass is 10.1. The second-order valence-corrected chi connectivity index (χ2v) is 9.69. The van der Waals surface area contributed by atoms with Gasteiger partial charge in [-0.3, -0.25) is 19.1 Å². The van der Waals surface area contributed by atoms with Crippen LogP contribution in [0.1, 0.15) is 41.0 Å². The number of amides is 1. The number of nitriles is 1. The van der Waals surface area contributed by atoms with Gasteiger partial charge >= 0.3 is 6.18 Å². The zero-order valence-corrected chi connectivity index (χ0v) is 22.6. The summed E-state index contributed by atoms with van der Waals surface area (Å²) in [5.74, 6) is -1.89. The smallest absolute Gasteiger partial charge is 0.328 e. The Hall–Kier alpha value is -5.44. The predicted octanol–water partition coefficient (Wildman–Crippen LogP) is 5.54. The van der Waals surface area contributed by atoms with Gasteiger partial charge < -0.3 is 4.90 Å². The van der Waals surface area contributed by atoms with E-state index in [1.165, 1.54) is 15.7 Å². The van der Waals surface area contributed by atoms with Gasteiger partial charge in [0.1, 0.15) is 11.6 Å². The van der Waals surface area contributed by atoms with Crippen molar-refractivity contribution in [1.82, 2.24) is 24.4 Å². The van der Waals surface area contributed by atoms with E-state index >= 15 is 0 Å². The molecule has 0 saturated carbocycles. The van der Waals surface area contributed by atoms with Crippen molar-refractivity contribution in [2.75, 3.05) is 0 Å². The van der Waals surface area contributed by atoms with Gasteiger partial charge in [0, 0.05) is 25.1 Å². The number of alkyl halides is 3. The maximum Gasteiger partial charge on any atom is 0.419 e. The fourth-order valence-electron chi connectivity index (χ4n) is 4.69. The highest BCUT2D eigenvalue weighted by Gasteiger charge is 2.34. The summed E-state index contributed by atoms with van der Waals surface area (Å²) < 4.78 is 54.9. The van der Waals surface area contributed by atoms with E-state index in [0.717, 1.165) is 6.07 Å². The molecule has 0 bridgehead atoms. The van der Waals surface area contributed by atoms with Crippen molar-refractivity contribution in [2.24, 2.45) is 0 Å². The summed E-state index contributed by atoms with van der Waals surface area (Å²) in [5.41, 5.74) is -0.296. The molecule has 216 valence electrons. The molecule has 3 aromatic heterocycles. The van der Waals surface area contributed by atoms with E-state index in [2.05, 4.69) is 15.0 Å². The largest absolute Gasteiger partial charge is 0.419 e. The molecule has 1 atom stereocenters. The molecule has 0 spiro atoms. The number of carbonyl (C=O) groups is 1. The third kappa shape index (κ3) is 6.11. The Labute approximate surface area is 242 Å². The van der Waals surface area contributed by atoms with Crippen LogP contribution < -0.4 is 5.56 Å². The Morgan fingerprint density at radius 3 is 2.44 bits per heavy atom. The molecule has 43 heavy (non-hydrogen) atoms. The first-order valence-electron chi connectivity index (χ1n) is 13.0. The summed E-state index contributed by atoms with van der Waals surface area (Å²) in [6, 6.07) is 16.3. The zero-order valence-electron chi connectivity index (χ0n) is 22.6. The summed E-state index contributed by atoms with van der Waals surface area (Å²) >= 11 is 0. The number of halogens is 4. The highest BCUT2D eigenvalue weighted by molar-refractivity contribution is 5.79. The fraction of sp³-hybridized carbons (Fsp3) is 0.161. The standard InChI is InChI=1S/C31H22F4N6O2/c1-19(29-39-28-24(5-3-13-38-28)30(43)41(29)23-9-6-20(16-36)7-10-23)40(18-22-4-2-12-37-17-22)27(42)15-21-8-11-25(26(32)14-21)31(33,34)35/h2-14,17,19H,15,18H2,1H3/t19-/m1/s1. The molecule has 3 heterocycles. The van der Waals surface area contributed by atoms with E-state index in [1.807, 2.05) is 6.07 Å². The summed E-state index contributed by atoms with van der Waals surface area (Å²) in [5, 5.41) is 9.47. The molecule has 5 rings (SSSR count). The molecule has 12 heteroatoms. The number of carbonyl (C=O) groups excluding carboxylic acids is 1. The van der Waals surface area contributed by atoms with Crippen molar-refractivity contribution in [2.45, 2.75) is 32.1 Å². The molecule has 0 aliphatic heterocycles. The predicted molar refractivity (Wildman–Crippen MR) is 148 cm³/mol. The number of pyridine rings is 2. The monoisotopic (exact) mass is 586 g/mol. The minimum atomic E-state index is -4.88. The van der Waals surface area contributed by atoms with Crippen LogP contribution in [0.4, 0.5) is 17.6 Å². The second kappa shape index (κ2) is 11.8. The molecule has 0 fully saturated rings. The van der Waals surface area contributed by atoms with Gasteiger partial charge in [0.15, 0.2) is 5.65 Å². The van der Waals surface area contributed by atoms with Crippen LogP contribution in [0, 0.1) is 17.1 Å². The van der Waals surface area contributed by atoms with Crippen LogP contribution in [0.2, 0.25) is 0 Å². The van der Waals surface area contributed by atoms with Crippen molar-refractivity contribution in [1.29, 1.82) is 5.26 Å². The van der Waals surface area contributed by atoms with Crippen molar-refractivity contribution in [3.8, 4) is 11.8 Å². The molecule has 5 aromatic rings. The lowest BCUT2D eigenvalue weighted by molar-refractivity contribution is -0.140. The van der Waals surface area contributed by atoms with Gasteiger partial charge in [-0.05, 0) is 72.6 Å². The number of hydrogen-bond donors (Lipinski definition) is 0. The molecule has 0 aliphatic rings. The normalized spacial score (nSPS) is 12.1. The maximum absolute atomic E-state index is 14.3. The Morgan fingerprint density at radius 1 is 1.05 bits per heavy atom. The minimum Gasteiger partial charge on any atom is -0.328 e. The molecule has 0 radical (unpaired) electrons. The number of aromatic nitrogens is 4. The molecule has 8 nitrogen and oxygen atoms in total. The maximum atomic E-state index is 14.3. The topological polar surface area (TPSA) is 105 Å². The van der Waals surface area contributed by atoms with Crippen LogP contribution in [0.25, 0.3) is 16.7 Å². The third-order valence-electron chi connectivity index (χ3n) is 6.86. The SMILES string of the molecule is C[C@H](c1nc2ncccc2c(=O)n1-c1ccc(C#N)cc1)N(Cc1cccnc1)C(=O)Cc1ccc(C(F)(F)F)c(F)c1. The van der Waals surface area contributed by atoms with E-state index in [9.17, 15) is 32.4 Å². The van der Waals surface area contributed by atoms with Crippen LogP contribution in [0.3, 0.4) is 0 Å².